The number of rotatable bonds is 7. The number of benzene rings is 2. The summed E-state index contributed by atoms with van der Waals surface area (Å²) in [4.78, 5) is 28.8. The zero-order valence-electron chi connectivity index (χ0n) is 19.9. The van der Waals surface area contributed by atoms with Crippen molar-refractivity contribution in [2.24, 2.45) is 0 Å². The van der Waals surface area contributed by atoms with E-state index in [0.29, 0.717) is 37.2 Å². The van der Waals surface area contributed by atoms with E-state index in [1.165, 1.54) is 41.3 Å². The van der Waals surface area contributed by atoms with Crippen LogP contribution in [0.3, 0.4) is 0 Å². The van der Waals surface area contributed by atoms with Crippen LogP contribution in [0.5, 0.6) is 5.75 Å². The molecule has 1 fully saturated rings. The van der Waals surface area contributed by atoms with E-state index in [1.54, 1.807) is 13.1 Å². The van der Waals surface area contributed by atoms with E-state index in [0.717, 1.165) is 0 Å². The fraction of sp³-hybridized carbons (Fsp3) is 0.417. The first-order chi connectivity index (χ1) is 17.3. The van der Waals surface area contributed by atoms with E-state index >= 15 is 0 Å². The number of carbonyl (C=O) groups is 2. The Morgan fingerprint density at radius 2 is 1.95 bits per heavy atom. The molecule has 0 radical (unpaired) electrons. The molecule has 2 aliphatic rings. The van der Waals surface area contributed by atoms with Gasteiger partial charge >= 0.3 is 6.36 Å². The maximum Gasteiger partial charge on any atom is 0.573 e. The number of carbonyl (C=O) groups excluding carboxylic acids is 2. The largest absolute Gasteiger partial charge is 0.573 e. The SMILES string of the molecule is CN(C(=O)Cc1ccc2c(c1)NC(=O)CS2(O)O)[C@H](CN1CC[C@H](O)C1)c1ccc(OC(F)(F)F)cc1. The summed E-state index contributed by atoms with van der Waals surface area (Å²) in [5.74, 6) is -1.61. The van der Waals surface area contributed by atoms with Crippen molar-refractivity contribution in [2.75, 3.05) is 37.8 Å². The molecule has 202 valence electrons. The summed E-state index contributed by atoms with van der Waals surface area (Å²) in [6.07, 6.45) is -4.78. The quantitative estimate of drug-likeness (QED) is 0.422. The van der Waals surface area contributed by atoms with E-state index in [9.17, 15) is 37.0 Å². The van der Waals surface area contributed by atoms with Gasteiger partial charge in [-0.05, 0) is 41.8 Å². The zero-order valence-corrected chi connectivity index (χ0v) is 20.8. The van der Waals surface area contributed by atoms with Crippen LogP contribution in [-0.2, 0) is 16.0 Å². The van der Waals surface area contributed by atoms with Crippen LogP contribution in [0.1, 0.15) is 23.6 Å². The molecule has 2 atom stereocenters. The molecule has 2 heterocycles. The Kier molecular flexibility index (Phi) is 7.72. The van der Waals surface area contributed by atoms with Gasteiger partial charge in [0, 0.05) is 26.7 Å². The maximum atomic E-state index is 13.3. The number of aliphatic hydroxyl groups excluding tert-OH is 1. The Morgan fingerprint density at radius 3 is 2.57 bits per heavy atom. The number of likely N-dealkylation sites (tertiary alicyclic amines) is 1. The van der Waals surface area contributed by atoms with Crippen molar-refractivity contribution in [2.45, 2.75) is 36.2 Å². The smallest absolute Gasteiger partial charge is 0.406 e. The van der Waals surface area contributed by atoms with E-state index in [2.05, 4.69) is 10.1 Å². The third-order valence-corrected chi connectivity index (χ3v) is 8.12. The van der Waals surface area contributed by atoms with Crippen LogP contribution >= 0.6 is 10.6 Å². The van der Waals surface area contributed by atoms with Crippen molar-refractivity contribution in [1.29, 1.82) is 0 Å². The lowest BCUT2D eigenvalue weighted by molar-refractivity contribution is -0.274. The third kappa shape index (κ3) is 6.73. The van der Waals surface area contributed by atoms with E-state index < -0.39 is 40.8 Å². The van der Waals surface area contributed by atoms with Crippen molar-refractivity contribution < 1.29 is 41.7 Å². The number of β-amino-alcohol motifs (C(OH)–C–C–N with tert-alkyl or cyclic N) is 1. The Balaban J connectivity index is 1.53. The highest BCUT2D eigenvalue weighted by Crippen LogP contribution is 2.53. The molecule has 2 aromatic carbocycles. The first-order valence-electron chi connectivity index (χ1n) is 11.5. The number of anilines is 1. The Hall–Kier alpha value is -2.84. The Labute approximate surface area is 213 Å². The molecule has 0 aliphatic carbocycles. The minimum absolute atomic E-state index is 0.0623. The lowest BCUT2D eigenvalue weighted by atomic mass is 10.0. The molecule has 1 saturated heterocycles. The molecule has 0 bridgehead atoms. The summed E-state index contributed by atoms with van der Waals surface area (Å²) in [5, 5.41) is 12.5. The molecule has 0 spiro atoms. The summed E-state index contributed by atoms with van der Waals surface area (Å²) in [6.45, 7) is 1.40. The number of fused-ring (bicyclic) bond motifs is 1. The fourth-order valence-electron chi connectivity index (χ4n) is 4.56. The predicted octanol–water partition coefficient (Wildman–Crippen LogP) is 3.46. The molecular weight excluding hydrogens is 515 g/mol. The number of ether oxygens (including phenoxy) is 1. The van der Waals surface area contributed by atoms with Crippen LogP contribution in [-0.4, -0.2) is 80.7 Å². The van der Waals surface area contributed by atoms with E-state index in [4.69, 9.17) is 0 Å². The number of hydrogen-bond acceptors (Lipinski definition) is 7. The van der Waals surface area contributed by atoms with Crippen LogP contribution in [0.15, 0.2) is 47.4 Å². The maximum absolute atomic E-state index is 13.3. The predicted molar refractivity (Wildman–Crippen MR) is 130 cm³/mol. The van der Waals surface area contributed by atoms with Gasteiger partial charge in [-0.1, -0.05) is 18.2 Å². The van der Waals surface area contributed by atoms with Gasteiger partial charge < -0.3 is 20.1 Å². The van der Waals surface area contributed by atoms with Gasteiger partial charge in [0.1, 0.15) is 11.5 Å². The van der Waals surface area contributed by atoms with Crippen LogP contribution in [0.2, 0.25) is 0 Å². The highest BCUT2D eigenvalue weighted by Gasteiger charge is 2.33. The van der Waals surface area contributed by atoms with Gasteiger partial charge in [0.05, 0.1) is 29.1 Å². The molecule has 0 saturated carbocycles. The van der Waals surface area contributed by atoms with Crippen molar-refractivity contribution >= 4 is 28.1 Å². The number of likely N-dealkylation sites (N-methyl/N-ethyl adjacent to an activating group) is 1. The Bertz CT molecular complexity index is 1160. The van der Waals surface area contributed by atoms with Crippen molar-refractivity contribution in [3.05, 3.63) is 53.6 Å². The molecule has 0 unspecified atom stereocenters. The molecule has 13 heteroatoms. The normalized spacial score (nSPS) is 21.1. The highest BCUT2D eigenvalue weighted by atomic mass is 32.3. The summed E-state index contributed by atoms with van der Waals surface area (Å²) < 4.78 is 62.0. The second-order valence-corrected chi connectivity index (χ2v) is 11.3. The van der Waals surface area contributed by atoms with Crippen LogP contribution in [0.25, 0.3) is 0 Å². The fourth-order valence-corrected chi connectivity index (χ4v) is 5.90. The molecule has 4 rings (SSSR count). The van der Waals surface area contributed by atoms with Gasteiger partial charge in [-0.3, -0.25) is 23.6 Å². The summed E-state index contributed by atoms with van der Waals surface area (Å²) in [6, 6.07) is 9.40. The highest BCUT2D eigenvalue weighted by molar-refractivity contribution is 8.25. The Morgan fingerprint density at radius 1 is 1.24 bits per heavy atom. The summed E-state index contributed by atoms with van der Waals surface area (Å²) >= 11 is 0. The molecule has 0 aromatic heterocycles. The van der Waals surface area contributed by atoms with Crippen molar-refractivity contribution in [1.82, 2.24) is 9.80 Å². The van der Waals surface area contributed by atoms with Crippen LogP contribution in [0.4, 0.5) is 18.9 Å². The molecule has 9 nitrogen and oxygen atoms in total. The number of halogens is 3. The monoisotopic (exact) mass is 543 g/mol. The molecule has 2 aliphatic heterocycles. The van der Waals surface area contributed by atoms with Gasteiger partial charge in [0.2, 0.25) is 11.8 Å². The first-order valence-corrected chi connectivity index (χ1v) is 13.2. The number of amides is 2. The second kappa shape index (κ2) is 10.5. The molecule has 2 amide bonds. The van der Waals surface area contributed by atoms with Crippen molar-refractivity contribution in [3.8, 4) is 5.75 Å². The number of aliphatic hydroxyl groups is 1. The molecule has 4 N–H and O–H groups in total. The summed E-state index contributed by atoms with van der Waals surface area (Å²) in [7, 11) is -1.66. The van der Waals surface area contributed by atoms with Crippen LogP contribution in [0, 0.1) is 0 Å². The van der Waals surface area contributed by atoms with Gasteiger partial charge in [0.15, 0.2) is 0 Å². The van der Waals surface area contributed by atoms with Gasteiger partial charge in [-0.15, -0.1) is 13.2 Å². The van der Waals surface area contributed by atoms with Crippen molar-refractivity contribution in [3.63, 3.8) is 0 Å². The summed E-state index contributed by atoms with van der Waals surface area (Å²) in [5.41, 5.74) is 1.38. The van der Waals surface area contributed by atoms with E-state index in [-0.39, 0.29) is 28.7 Å². The van der Waals surface area contributed by atoms with Crippen LogP contribution < -0.4 is 10.1 Å². The lowest BCUT2D eigenvalue weighted by Crippen LogP contribution is -2.39. The molecule has 2 aromatic rings. The topological polar surface area (TPSA) is 123 Å². The lowest BCUT2D eigenvalue weighted by Gasteiger charge is -2.37. The average molecular weight is 544 g/mol. The number of hydrogen-bond donors (Lipinski definition) is 4. The number of alkyl halides is 3. The number of nitrogens with zero attached hydrogens (tertiary/aromatic N) is 2. The average Bonchev–Trinajstić information content (AvgIpc) is 3.20. The van der Waals surface area contributed by atoms with Gasteiger partial charge in [-0.25, -0.2) is 0 Å². The van der Waals surface area contributed by atoms with Gasteiger partial charge in [0.25, 0.3) is 0 Å². The zero-order chi connectivity index (χ0) is 27.0. The third-order valence-electron chi connectivity index (χ3n) is 6.40. The van der Waals surface area contributed by atoms with Gasteiger partial charge in [-0.2, -0.15) is 10.6 Å². The minimum atomic E-state index is -4.82. The molecule has 37 heavy (non-hydrogen) atoms. The second-order valence-electron chi connectivity index (χ2n) is 9.21. The number of nitrogens with one attached hydrogen (secondary N) is 1. The first kappa shape index (κ1) is 27.2. The minimum Gasteiger partial charge on any atom is -0.406 e. The standard InChI is InChI=1S/C24H28F3N3O6S/c1-29(23(33)11-15-2-7-21-19(10-15)28-22(32)14-37(21,34)35)20(13-30-9-8-17(31)12-30)16-3-5-18(6-4-16)36-24(25,26)27/h2-7,10,17,20,31,34-35H,8-9,11-14H2,1H3,(H,28,32)/t17-,20+/m0/s1. The van der Waals surface area contributed by atoms with E-state index in [1.807, 2.05) is 4.90 Å². The molecular formula is C24H28F3N3O6S.